The molecule has 0 aromatic rings. The molecule has 1 N–H and O–H groups in total. The molecule has 1 aliphatic heterocycles. The average molecular weight is 240 g/mol. The van der Waals surface area contributed by atoms with E-state index in [0.29, 0.717) is 12.1 Å². The van der Waals surface area contributed by atoms with E-state index >= 15 is 0 Å². The molecule has 0 aromatic heterocycles. The van der Waals surface area contributed by atoms with E-state index in [0.717, 1.165) is 38.2 Å². The normalized spacial score (nSPS) is 35.6. The Morgan fingerprint density at radius 1 is 1.35 bits per heavy atom. The molecule has 1 aliphatic carbocycles. The molecular weight excluding hydrogens is 212 g/mol. The third-order valence-electron chi connectivity index (χ3n) is 4.23. The van der Waals surface area contributed by atoms with Gasteiger partial charge in [-0.2, -0.15) is 0 Å². The van der Waals surface area contributed by atoms with Gasteiger partial charge in [-0.3, -0.25) is 4.90 Å². The van der Waals surface area contributed by atoms with E-state index in [1.165, 1.54) is 19.3 Å². The van der Waals surface area contributed by atoms with Gasteiger partial charge in [0.15, 0.2) is 0 Å². The summed E-state index contributed by atoms with van der Waals surface area (Å²) in [6, 6.07) is 1.39. The summed E-state index contributed by atoms with van der Waals surface area (Å²) in [5.74, 6) is 0.909. The van der Waals surface area contributed by atoms with Crippen molar-refractivity contribution < 1.29 is 4.74 Å². The monoisotopic (exact) mass is 240 g/mol. The third kappa shape index (κ3) is 3.94. The maximum Gasteiger partial charge on any atom is 0.0826 e. The van der Waals surface area contributed by atoms with Crippen molar-refractivity contribution in [2.24, 2.45) is 5.92 Å². The first-order valence-electron chi connectivity index (χ1n) is 7.24. The number of rotatable bonds is 4. The molecule has 3 unspecified atom stereocenters. The van der Waals surface area contributed by atoms with Gasteiger partial charge >= 0.3 is 0 Å². The van der Waals surface area contributed by atoms with E-state index in [-0.39, 0.29) is 0 Å². The van der Waals surface area contributed by atoms with Crippen molar-refractivity contribution in [3.05, 3.63) is 0 Å². The van der Waals surface area contributed by atoms with Crippen LogP contribution in [0.1, 0.15) is 40.0 Å². The van der Waals surface area contributed by atoms with Gasteiger partial charge in [0.25, 0.3) is 0 Å². The fourth-order valence-corrected chi connectivity index (χ4v) is 3.03. The van der Waals surface area contributed by atoms with E-state index in [1.807, 2.05) is 0 Å². The number of hydrogen-bond donors (Lipinski definition) is 1. The summed E-state index contributed by atoms with van der Waals surface area (Å²) >= 11 is 0. The van der Waals surface area contributed by atoms with Crippen molar-refractivity contribution in [2.75, 3.05) is 26.2 Å². The zero-order chi connectivity index (χ0) is 12.3. The van der Waals surface area contributed by atoms with Crippen LogP contribution < -0.4 is 5.32 Å². The molecule has 2 rings (SSSR count). The largest absolute Gasteiger partial charge is 0.374 e. The second kappa shape index (κ2) is 6.17. The lowest BCUT2D eigenvalue weighted by atomic mass is 10.1. The summed E-state index contributed by atoms with van der Waals surface area (Å²) < 4.78 is 5.84. The van der Waals surface area contributed by atoms with Crippen molar-refractivity contribution in [1.29, 1.82) is 0 Å². The molecule has 1 heterocycles. The Labute approximate surface area is 106 Å². The van der Waals surface area contributed by atoms with Crippen LogP contribution in [0.3, 0.4) is 0 Å². The fourth-order valence-electron chi connectivity index (χ4n) is 3.03. The zero-order valence-electron chi connectivity index (χ0n) is 11.6. The lowest BCUT2D eigenvalue weighted by Gasteiger charge is -2.36. The van der Waals surface area contributed by atoms with Crippen molar-refractivity contribution in [2.45, 2.75) is 58.2 Å². The molecule has 100 valence electrons. The molecule has 0 radical (unpaired) electrons. The summed E-state index contributed by atoms with van der Waals surface area (Å²) in [6.07, 6.45) is 4.48. The molecule has 2 fully saturated rings. The number of ether oxygens (including phenoxy) is 1. The Kier molecular flexibility index (Phi) is 4.83. The third-order valence-corrected chi connectivity index (χ3v) is 4.23. The Hall–Kier alpha value is -0.120. The summed E-state index contributed by atoms with van der Waals surface area (Å²) in [5.41, 5.74) is 0. The van der Waals surface area contributed by atoms with Crippen molar-refractivity contribution in [3.8, 4) is 0 Å². The first-order chi connectivity index (χ1) is 8.15. The molecule has 3 nitrogen and oxygen atoms in total. The van der Waals surface area contributed by atoms with Crippen LogP contribution in [0, 0.1) is 5.92 Å². The molecule has 1 saturated carbocycles. The molecule has 3 heteroatoms. The molecule has 0 amide bonds. The minimum absolute atomic E-state index is 0.391. The highest BCUT2D eigenvalue weighted by atomic mass is 16.5. The lowest BCUT2D eigenvalue weighted by Crippen LogP contribution is -2.50. The smallest absolute Gasteiger partial charge is 0.0826 e. The van der Waals surface area contributed by atoms with Crippen molar-refractivity contribution >= 4 is 0 Å². The molecule has 0 spiro atoms. The van der Waals surface area contributed by atoms with Crippen LogP contribution >= 0.6 is 0 Å². The molecule has 1 saturated heterocycles. The molecule has 0 aromatic carbocycles. The predicted octanol–water partition coefficient (Wildman–Crippen LogP) is 1.87. The highest BCUT2D eigenvalue weighted by Gasteiger charge is 2.25. The molecule has 2 aliphatic rings. The van der Waals surface area contributed by atoms with Gasteiger partial charge in [-0.1, -0.05) is 6.92 Å². The van der Waals surface area contributed by atoms with Gasteiger partial charge in [0, 0.05) is 31.7 Å². The second-order valence-corrected chi connectivity index (χ2v) is 6.10. The number of nitrogens with one attached hydrogen (secondary N) is 1. The fraction of sp³-hybridized carbons (Fsp3) is 1.00. The minimum atomic E-state index is 0.391. The summed E-state index contributed by atoms with van der Waals surface area (Å²) in [6.45, 7) is 11.0. The second-order valence-electron chi connectivity index (χ2n) is 6.10. The zero-order valence-corrected chi connectivity index (χ0v) is 11.6. The van der Waals surface area contributed by atoms with Crippen LogP contribution in [0.25, 0.3) is 0 Å². The van der Waals surface area contributed by atoms with E-state index in [9.17, 15) is 0 Å². The summed E-state index contributed by atoms with van der Waals surface area (Å²) in [7, 11) is 0. The van der Waals surface area contributed by atoms with Crippen LogP contribution in [-0.2, 0) is 4.74 Å². The van der Waals surface area contributed by atoms with Gasteiger partial charge in [0.05, 0.1) is 12.7 Å². The minimum Gasteiger partial charge on any atom is -0.374 e. The van der Waals surface area contributed by atoms with Gasteiger partial charge in [0.2, 0.25) is 0 Å². The number of hydrogen-bond acceptors (Lipinski definition) is 3. The van der Waals surface area contributed by atoms with Crippen molar-refractivity contribution in [3.63, 3.8) is 0 Å². The molecule has 17 heavy (non-hydrogen) atoms. The van der Waals surface area contributed by atoms with Gasteiger partial charge in [0.1, 0.15) is 0 Å². The lowest BCUT2D eigenvalue weighted by molar-refractivity contribution is -0.0380. The van der Waals surface area contributed by atoms with Crippen LogP contribution in [0.5, 0.6) is 0 Å². The Balaban J connectivity index is 1.68. The quantitative estimate of drug-likeness (QED) is 0.812. The predicted molar refractivity (Wildman–Crippen MR) is 71.3 cm³/mol. The standard InChI is InChI=1S/C14H28N2O/c1-11(2)16-6-7-17-14(10-16)9-15-13-5-4-12(3)8-13/h11-15H,4-10H2,1-3H3. The SMILES string of the molecule is CC1CCC(NCC2CN(C(C)C)CCO2)C1. The molecule has 3 atom stereocenters. The van der Waals surface area contributed by atoms with E-state index < -0.39 is 0 Å². The van der Waals surface area contributed by atoms with E-state index in [1.54, 1.807) is 0 Å². The maximum absolute atomic E-state index is 5.84. The summed E-state index contributed by atoms with van der Waals surface area (Å²) in [5, 5.41) is 3.69. The van der Waals surface area contributed by atoms with Crippen LogP contribution in [0.4, 0.5) is 0 Å². The molecular formula is C14H28N2O. The van der Waals surface area contributed by atoms with Gasteiger partial charge < -0.3 is 10.1 Å². The van der Waals surface area contributed by atoms with Crippen LogP contribution in [0.15, 0.2) is 0 Å². The van der Waals surface area contributed by atoms with Crippen LogP contribution in [0.2, 0.25) is 0 Å². The van der Waals surface area contributed by atoms with Crippen molar-refractivity contribution in [1.82, 2.24) is 10.2 Å². The Bertz CT molecular complexity index is 232. The van der Waals surface area contributed by atoms with Gasteiger partial charge in [-0.25, -0.2) is 0 Å². The van der Waals surface area contributed by atoms with E-state index in [2.05, 4.69) is 31.0 Å². The topological polar surface area (TPSA) is 24.5 Å². The Morgan fingerprint density at radius 3 is 2.82 bits per heavy atom. The van der Waals surface area contributed by atoms with E-state index in [4.69, 9.17) is 4.74 Å². The maximum atomic E-state index is 5.84. The summed E-state index contributed by atoms with van der Waals surface area (Å²) in [4.78, 5) is 2.52. The first kappa shape index (κ1) is 13.3. The number of nitrogens with zero attached hydrogens (tertiary/aromatic N) is 1. The first-order valence-corrected chi connectivity index (χ1v) is 7.24. The highest BCUT2D eigenvalue weighted by molar-refractivity contribution is 4.81. The van der Waals surface area contributed by atoms with Crippen LogP contribution in [-0.4, -0.2) is 49.3 Å². The molecule has 0 bridgehead atoms. The van der Waals surface area contributed by atoms with Gasteiger partial charge in [-0.05, 0) is 39.0 Å². The Morgan fingerprint density at radius 2 is 2.18 bits per heavy atom. The highest BCUT2D eigenvalue weighted by Crippen LogP contribution is 2.24. The van der Waals surface area contributed by atoms with Gasteiger partial charge in [-0.15, -0.1) is 0 Å². The average Bonchev–Trinajstić information content (AvgIpc) is 2.73. The number of morpholine rings is 1.